The second-order valence-electron chi connectivity index (χ2n) is 5.77. The van der Waals surface area contributed by atoms with Crippen molar-refractivity contribution in [3.05, 3.63) is 48.5 Å². The number of anilines is 2. The fourth-order valence-corrected chi connectivity index (χ4v) is 2.98. The zero-order chi connectivity index (χ0) is 17.1. The number of nitrogens with zero attached hydrogens (tertiary/aromatic N) is 2. The number of para-hydroxylation sites is 1. The Morgan fingerprint density at radius 2 is 1.88 bits per heavy atom. The Kier molecular flexibility index (Phi) is 4.51. The van der Waals surface area contributed by atoms with Crippen LogP contribution >= 0.6 is 0 Å². The lowest BCUT2D eigenvalue weighted by Gasteiger charge is -2.26. The second-order valence-corrected chi connectivity index (χ2v) is 5.77. The van der Waals surface area contributed by atoms with E-state index in [1.165, 1.54) is 7.11 Å². The van der Waals surface area contributed by atoms with Crippen LogP contribution in [-0.2, 0) is 14.3 Å². The maximum absolute atomic E-state index is 12.6. The van der Waals surface area contributed by atoms with Crippen LogP contribution in [0.25, 0.3) is 11.1 Å². The topological polar surface area (TPSA) is 49.9 Å². The second kappa shape index (κ2) is 6.74. The first kappa shape index (κ1) is 16.1. The van der Waals surface area contributed by atoms with Crippen molar-refractivity contribution < 1.29 is 14.3 Å². The summed E-state index contributed by atoms with van der Waals surface area (Å²) in [6.07, 6.45) is 0.358. The molecule has 3 rings (SSSR count). The van der Waals surface area contributed by atoms with Crippen molar-refractivity contribution >= 4 is 23.3 Å². The highest BCUT2D eigenvalue weighted by Crippen LogP contribution is 2.40. The summed E-state index contributed by atoms with van der Waals surface area (Å²) in [6.45, 7) is 0.530. The van der Waals surface area contributed by atoms with Gasteiger partial charge in [-0.3, -0.25) is 14.5 Å². The van der Waals surface area contributed by atoms with Crippen molar-refractivity contribution in [1.82, 2.24) is 0 Å². The van der Waals surface area contributed by atoms with Crippen molar-refractivity contribution in [2.75, 3.05) is 37.0 Å². The van der Waals surface area contributed by atoms with Crippen LogP contribution in [-0.4, -0.2) is 39.1 Å². The van der Waals surface area contributed by atoms with Crippen LogP contribution in [0.15, 0.2) is 48.5 Å². The predicted octanol–water partition coefficient (Wildman–Crippen LogP) is 2.70. The summed E-state index contributed by atoms with van der Waals surface area (Å²) >= 11 is 0. The number of carbonyl (C=O) groups is 2. The quantitative estimate of drug-likeness (QED) is 0.815. The van der Waals surface area contributed by atoms with Crippen LogP contribution in [0, 0.1) is 0 Å². The molecule has 0 aromatic heterocycles. The third kappa shape index (κ3) is 2.97. The van der Waals surface area contributed by atoms with Crippen LogP contribution in [0.5, 0.6) is 0 Å². The van der Waals surface area contributed by atoms with Gasteiger partial charge in [-0.05, 0) is 11.6 Å². The van der Waals surface area contributed by atoms with Crippen molar-refractivity contribution in [2.24, 2.45) is 0 Å². The molecule has 0 unspecified atom stereocenters. The van der Waals surface area contributed by atoms with Gasteiger partial charge in [0.2, 0.25) is 5.91 Å². The monoisotopic (exact) mass is 324 g/mol. The Morgan fingerprint density at radius 3 is 2.58 bits per heavy atom. The normalized spacial score (nSPS) is 14.2. The number of ether oxygens (including phenoxy) is 1. The highest BCUT2D eigenvalue weighted by Gasteiger charge is 2.29. The predicted molar refractivity (Wildman–Crippen MR) is 94.1 cm³/mol. The molecule has 1 heterocycles. The smallest absolute Gasteiger partial charge is 0.325 e. The number of amides is 1. The Morgan fingerprint density at radius 1 is 1.12 bits per heavy atom. The summed E-state index contributed by atoms with van der Waals surface area (Å²) in [6, 6.07) is 15.8. The molecule has 0 aliphatic carbocycles. The number of esters is 1. The molecule has 0 atom stereocenters. The first-order valence-corrected chi connectivity index (χ1v) is 7.88. The molecular formula is C19H20N2O3. The molecule has 0 radical (unpaired) electrons. The molecule has 1 aliphatic rings. The van der Waals surface area contributed by atoms with Gasteiger partial charge in [-0.1, -0.05) is 42.5 Å². The van der Waals surface area contributed by atoms with E-state index >= 15 is 0 Å². The lowest BCUT2D eigenvalue weighted by atomic mass is 10.0. The summed E-state index contributed by atoms with van der Waals surface area (Å²) in [7, 11) is 3.29. The molecule has 0 fully saturated rings. The Labute approximate surface area is 141 Å². The molecule has 0 saturated carbocycles. The van der Waals surface area contributed by atoms with Gasteiger partial charge in [0.25, 0.3) is 0 Å². The van der Waals surface area contributed by atoms with Crippen LogP contribution in [0.1, 0.15) is 6.42 Å². The lowest BCUT2D eigenvalue weighted by molar-refractivity contribution is -0.140. The van der Waals surface area contributed by atoms with E-state index in [2.05, 4.69) is 4.90 Å². The zero-order valence-electron chi connectivity index (χ0n) is 13.9. The number of fused-ring (bicyclic) bond motifs is 1. The Hall–Kier alpha value is -2.82. The van der Waals surface area contributed by atoms with E-state index in [4.69, 9.17) is 4.74 Å². The fraction of sp³-hybridized carbons (Fsp3) is 0.263. The minimum Gasteiger partial charge on any atom is -0.468 e. The molecule has 1 amide bonds. The summed E-state index contributed by atoms with van der Waals surface area (Å²) < 4.78 is 4.78. The standard InChI is InChI=1S/C19H20N2O3/c1-20-12-11-17(22)21(13-18(23)24-2)19-15(9-6-10-16(19)20)14-7-4-3-5-8-14/h3-10H,11-13H2,1-2H3. The SMILES string of the molecule is COC(=O)CN1C(=O)CCN(C)c2cccc(-c3ccccc3)c21. The molecule has 2 aromatic carbocycles. The molecule has 0 spiro atoms. The van der Waals surface area contributed by atoms with E-state index in [-0.39, 0.29) is 12.5 Å². The average Bonchev–Trinajstić information content (AvgIpc) is 2.74. The third-order valence-electron chi connectivity index (χ3n) is 4.26. The molecule has 0 N–H and O–H groups in total. The van der Waals surface area contributed by atoms with Gasteiger partial charge in [0.15, 0.2) is 0 Å². The fourth-order valence-electron chi connectivity index (χ4n) is 2.98. The number of methoxy groups -OCH3 is 1. The molecule has 0 saturated heterocycles. The van der Waals surface area contributed by atoms with Crippen LogP contribution in [0.3, 0.4) is 0 Å². The molecule has 2 aromatic rings. The number of carbonyl (C=O) groups excluding carboxylic acids is 2. The first-order valence-electron chi connectivity index (χ1n) is 7.88. The van der Waals surface area contributed by atoms with E-state index in [0.717, 1.165) is 22.5 Å². The third-order valence-corrected chi connectivity index (χ3v) is 4.26. The summed E-state index contributed by atoms with van der Waals surface area (Å²) in [5.41, 5.74) is 3.64. The van der Waals surface area contributed by atoms with Gasteiger partial charge in [0.1, 0.15) is 6.54 Å². The minimum atomic E-state index is -0.429. The summed E-state index contributed by atoms with van der Waals surface area (Å²) in [4.78, 5) is 28.1. The van der Waals surface area contributed by atoms with Gasteiger partial charge >= 0.3 is 5.97 Å². The Bertz CT molecular complexity index is 758. The Balaban J connectivity index is 2.19. The maximum atomic E-state index is 12.6. The van der Waals surface area contributed by atoms with Gasteiger partial charge in [0, 0.05) is 25.6 Å². The van der Waals surface area contributed by atoms with Crippen molar-refractivity contribution in [2.45, 2.75) is 6.42 Å². The minimum absolute atomic E-state index is 0.0746. The van der Waals surface area contributed by atoms with Gasteiger partial charge in [-0.25, -0.2) is 0 Å². The average molecular weight is 324 g/mol. The van der Waals surface area contributed by atoms with E-state index in [1.807, 2.05) is 55.6 Å². The highest BCUT2D eigenvalue weighted by atomic mass is 16.5. The van der Waals surface area contributed by atoms with E-state index in [0.29, 0.717) is 13.0 Å². The number of hydrogen-bond donors (Lipinski definition) is 0. The number of rotatable bonds is 3. The van der Waals surface area contributed by atoms with Crippen LogP contribution < -0.4 is 9.80 Å². The molecule has 1 aliphatic heterocycles. The van der Waals surface area contributed by atoms with Crippen molar-refractivity contribution in [3.8, 4) is 11.1 Å². The van der Waals surface area contributed by atoms with Crippen molar-refractivity contribution in [3.63, 3.8) is 0 Å². The highest BCUT2D eigenvalue weighted by molar-refractivity contribution is 6.06. The van der Waals surface area contributed by atoms with Crippen molar-refractivity contribution in [1.29, 1.82) is 0 Å². The summed E-state index contributed by atoms with van der Waals surface area (Å²) in [5, 5.41) is 0. The van der Waals surface area contributed by atoms with Gasteiger partial charge in [0.05, 0.1) is 18.5 Å². The molecule has 5 heteroatoms. The van der Waals surface area contributed by atoms with Crippen LogP contribution in [0.2, 0.25) is 0 Å². The zero-order valence-corrected chi connectivity index (χ0v) is 13.9. The van der Waals surface area contributed by atoms with Gasteiger partial charge in [-0.2, -0.15) is 0 Å². The molecule has 5 nitrogen and oxygen atoms in total. The maximum Gasteiger partial charge on any atom is 0.325 e. The van der Waals surface area contributed by atoms with Gasteiger partial charge < -0.3 is 9.64 Å². The van der Waals surface area contributed by atoms with E-state index in [1.54, 1.807) is 4.90 Å². The first-order chi connectivity index (χ1) is 11.6. The lowest BCUT2D eigenvalue weighted by Crippen LogP contribution is -2.36. The van der Waals surface area contributed by atoms with E-state index in [9.17, 15) is 9.59 Å². The number of hydrogen-bond acceptors (Lipinski definition) is 4. The molecular weight excluding hydrogens is 304 g/mol. The number of benzene rings is 2. The van der Waals surface area contributed by atoms with Gasteiger partial charge in [-0.15, -0.1) is 0 Å². The summed E-state index contributed by atoms with van der Waals surface area (Å²) in [5.74, 6) is -0.504. The largest absolute Gasteiger partial charge is 0.468 e. The molecule has 0 bridgehead atoms. The van der Waals surface area contributed by atoms with E-state index < -0.39 is 5.97 Å². The van der Waals surface area contributed by atoms with Crippen LogP contribution in [0.4, 0.5) is 11.4 Å². The molecule has 24 heavy (non-hydrogen) atoms. The molecule has 124 valence electrons.